The standard InChI is InChI=1S/C12H11BrClNO/c1-6-9(13)5-4-8-10(14)7(2)12(16)15(3)11(6)8/h4-5H,1-3H3. The summed E-state index contributed by atoms with van der Waals surface area (Å²) in [6.07, 6.45) is 0. The number of halogens is 2. The Morgan fingerprint density at radius 1 is 1.25 bits per heavy atom. The van der Waals surface area contributed by atoms with Crippen LogP contribution in [0, 0.1) is 13.8 Å². The molecule has 16 heavy (non-hydrogen) atoms. The van der Waals surface area contributed by atoms with Gasteiger partial charge in [0.05, 0.1) is 10.5 Å². The predicted octanol–water partition coefficient (Wildman–Crippen LogP) is 3.57. The summed E-state index contributed by atoms with van der Waals surface area (Å²) in [6, 6.07) is 3.88. The minimum Gasteiger partial charge on any atom is -0.311 e. The van der Waals surface area contributed by atoms with Gasteiger partial charge in [0.1, 0.15) is 0 Å². The van der Waals surface area contributed by atoms with Crippen molar-refractivity contribution in [3.63, 3.8) is 0 Å². The zero-order chi connectivity index (χ0) is 12.0. The molecule has 2 rings (SSSR count). The van der Waals surface area contributed by atoms with Crippen molar-refractivity contribution in [2.24, 2.45) is 7.05 Å². The predicted molar refractivity (Wildman–Crippen MR) is 71.4 cm³/mol. The Kier molecular flexibility index (Phi) is 2.84. The van der Waals surface area contributed by atoms with E-state index in [0.29, 0.717) is 10.6 Å². The molecule has 1 aromatic carbocycles. The third kappa shape index (κ3) is 1.50. The molecule has 1 aromatic heterocycles. The topological polar surface area (TPSA) is 22.0 Å². The SMILES string of the molecule is Cc1c(Cl)c2ccc(Br)c(C)c2n(C)c1=O. The smallest absolute Gasteiger partial charge is 0.255 e. The minimum absolute atomic E-state index is 0.0429. The Hall–Kier alpha value is -0.800. The van der Waals surface area contributed by atoms with E-state index in [0.717, 1.165) is 20.9 Å². The normalized spacial score (nSPS) is 11.1. The van der Waals surface area contributed by atoms with E-state index in [1.807, 2.05) is 19.1 Å². The zero-order valence-corrected chi connectivity index (χ0v) is 11.6. The highest BCUT2D eigenvalue weighted by atomic mass is 79.9. The van der Waals surface area contributed by atoms with E-state index < -0.39 is 0 Å². The van der Waals surface area contributed by atoms with Crippen LogP contribution in [0.1, 0.15) is 11.1 Å². The van der Waals surface area contributed by atoms with E-state index >= 15 is 0 Å². The lowest BCUT2D eigenvalue weighted by molar-refractivity contribution is 0.889. The summed E-state index contributed by atoms with van der Waals surface area (Å²) in [5.41, 5.74) is 2.46. The van der Waals surface area contributed by atoms with Gasteiger partial charge in [-0.2, -0.15) is 0 Å². The summed E-state index contributed by atoms with van der Waals surface area (Å²) in [4.78, 5) is 11.9. The molecule has 0 aliphatic rings. The fraction of sp³-hybridized carbons (Fsp3) is 0.250. The van der Waals surface area contributed by atoms with Crippen LogP contribution in [0.25, 0.3) is 10.9 Å². The first-order chi connectivity index (χ1) is 7.45. The molecule has 0 N–H and O–H groups in total. The second-order valence-electron chi connectivity index (χ2n) is 3.87. The fourth-order valence-corrected chi connectivity index (χ4v) is 2.49. The molecule has 0 spiro atoms. The molecule has 2 aromatic rings. The number of hydrogen-bond donors (Lipinski definition) is 0. The molecule has 0 saturated heterocycles. The highest BCUT2D eigenvalue weighted by Gasteiger charge is 2.12. The third-order valence-corrected chi connectivity index (χ3v) is 4.24. The second kappa shape index (κ2) is 3.90. The van der Waals surface area contributed by atoms with Crippen LogP contribution in [0.2, 0.25) is 5.02 Å². The Labute approximate surface area is 107 Å². The van der Waals surface area contributed by atoms with E-state index in [-0.39, 0.29) is 5.56 Å². The lowest BCUT2D eigenvalue weighted by atomic mass is 10.1. The highest BCUT2D eigenvalue weighted by molar-refractivity contribution is 9.10. The van der Waals surface area contributed by atoms with Crippen LogP contribution in [0.5, 0.6) is 0 Å². The zero-order valence-electron chi connectivity index (χ0n) is 9.27. The summed E-state index contributed by atoms with van der Waals surface area (Å²) >= 11 is 9.66. The van der Waals surface area contributed by atoms with Crippen molar-refractivity contribution < 1.29 is 0 Å². The minimum atomic E-state index is -0.0429. The number of rotatable bonds is 0. The summed E-state index contributed by atoms with van der Waals surface area (Å²) in [5, 5.41) is 1.47. The van der Waals surface area contributed by atoms with Crippen LogP contribution >= 0.6 is 27.5 Å². The molecular formula is C12H11BrClNO. The number of aryl methyl sites for hydroxylation is 2. The molecule has 0 radical (unpaired) electrons. The number of hydrogen-bond acceptors (Lipinski definition) is 1. The van der Waals surface area contributed by atoms with Crippen molar-refractivity contribution in [2.45, 2.75) is 13.8 Å². The number of pyridine rings is 1. The quantitative estimate of drug-likeness (QED) is 0.729. The van der Waals surface area contributed by atoms with Gasteiger partial charge in [0, 0.05) is 22.5 Å². The van der Waals surface area contributed by atoms with Gasteiger partial charge in [0.2, 0.25) is 0 Å². The fourth-order valence-electron chi connectivity index (χ4n) is 1.93. The molecule has 0 aliphatic heterocycles. The largest absolute Gasteiger partial charge is 0.311 e. The van der Waals surface area contributed by atoms with Crippen LogP contribution in [0.4, 0.5) is 0 Å². The molecule has 1 heterocycles. The molecule has 0 fully saturated rings. The lowest BCUT2D eigenvalue weighted by Gasteiger charge is -2.12. The first kappa shape index (κ1) is 11.7. The Morgan fingerprint density at radius 2 is 1.88 bits per heavy atom. The maximum Gasteiger partial charge on any atom is 0.255 e. The molecule has 0 saturated carbocycles. The Morgan fingerprint density at radius 3 is 2.50 bits per heavy atom. The molecule has 0 bridgehead atoms. The Bertz CT molecular complexity index is 646. The summed E-state index contributed by atoms with van der Waals surface area (Å²) in [7, 11) is 1.77. The van der Waals surface area contributed by atoms with E-state index in [1.54, 1.807) is 18.5 Å². The van der Waals surface area contributed by atoms with Gasteiger partial charge in [0.25, 0.3) is 5.56 Å². The van der Waals surface area contributed by atoms with Crippen molar-refractivity contribution >= 4 is 38.4 Å². The average molecular weight is 301 g/mol. The first-order valence-corrected chi connectivity index (χ1v) is 6.06. The second-order valence-corrected chi connectivity index (χ2v) is 5.10. The van der Waals surface area contributed by atoms with Crippen molar-refractivity contribution in [3.8, 4) is 0 Å². The summed E-state index contributed by atoms with van der Waals surface area (Å²) in [5.74, 6) is 0. The number of benzene rings is 1. The molecule has 0 unspecified atom stereocenters. The van der Waals surface area contributed by atoms with E-state index in [9.17, 15) is 4.79 Å². The van der Waals surface area contributed by atoms with Gasteiger partial charge in [-0.15, -0.1) is 0 Å². The number of fused-ring (bicyclic) bond motifs is 1. The lowest BCUT2D eigenvalue weighted by Crippen LogP contribution is -2.20. The molecule has 2 nitrogen and oxygen atoms in total. The van der Waals surface area contributed by atoms with Crippen LogP contribution in [0.15, 0.2) is 21.4 Å². The van der Waals surface area contributed by atoms with Gasteiger partial charge in [-0.3, -0.25) is 4.79 Å². The maximum atomic E-state index is 11.9. The average Bonchev–Trinajstić information content (AvgIpc) is 2.27. The van der Waals surface area contributed by atoms with E-state index in [1.165, 1.54) is 0 Å². The Balaban J connectivity index is 3.15. The van der Waals surface area contributed by atoms with Gasteiger partial charge in [0.15, 0.2) is 0 Å². The van der Waals surface area contributed by atoms with Crippen LogP contribution in [0.3, 0.4) is 0 Å². The number of aromatic nitrogens is 1. The van der Waals surface area contributed by atoms with Crippen LogP contribution < -0.4 is 5.56 Å². The summed E-state index contributed by atoms with van der Waals surface area (Å²) in [6.45, 7) is 3.72. The number of nitrogens with zero attached hydrogens (tertiary/aromatic N) is 1. The molecule has 0 atom stereocenters. The van der Waals surface area contributed by atoms with Gasteiger partial charge >= 0.3 is 0 Å². The van der Waals surface area contributed by atoms with Crippen molar-refractivity contribution in [3.05, 3.63) is 43.1 Å². The van der Waals surface area contributed by atoms with Gasteiger partial charge in [-0.1, -0.05) is 33.6 Å². The van der Waals surface area contributed by atoms with Crippen LogP contribution in [-0.4, -0.2) is 4.57 Å². The van der Waals surface area contributed by atoms with Gasteiger partial charge in [-0.25, -0.2) is 0 Å². The molecule has 84 valence electrons. The van der Waals surface area contributed by atoms with Crippen molar-refractivity contribution in [1.29, 1.82) is 0 Å². The highest BCUT2D eigenvalue weighted by Crippen LogP contribution is 2.30. The molecule has 4 heteroatoms. The van der Waals surface area contributed by atoms with E-state index in [4.69, 9.17) is 11.6 Å². The van der Waals surface area contributed by atoms with Crippen LogP contribution in [-0.2, 0) is 7.05 Å². The van der Waals surface area contributed by atoms with Crippen molar-refractivity contribution in [1.82, 2.24) is 4.57 Å². The monoisotopic (exact) mass is 299 g/mol. The summed E-state index contributed by atoms with van der Waals surface area (Å²) < 4.78 is 2.63. The third-order valence-electron chi connectivity index (χ3n) is 2.89. The maximum absolute atomic E-state index is 11.9. The first-order valence-electron chi connectivity index (χ1n) is 4.89. The van der Waals surface area contributed by atoms with E-state index in [2.05, 4.69) is 15.9 Å². The molecular weight excluding hydrogens is 289 g/mol. The van der Waals surface area contributed by atoms with Gasteiger partial charge in [-0.05, 0) is 25.5 Å². The molecule has 0 amide bonds. The van der Waals surface area contributed by atoms with Crippen molar-refractivity contribution in [2.75, 3.05) is 0 Å². The molecule has 0 aliphatic carbocycles. The van der Waals surface area contributed by atoms with Gasteiger partial charge < -0.3 is 4.57 Å².